The van der Waals surface area contributed by atoms with Crippen molar-refractivity contribution in [2.75, 3.05) is 0 Å². The Morgan fingerprint density at radius 3 is 2.42 bits per heavy atom. The summed E-state index contributed by atoms with van der Waals surface area (Å²) in [6.45, 7) is 14.1. The van der Waals surface area contributed by atoms with Crippen molar-refractivity contribution in [3.05, 3.63) is 23.3 Å². The molecule has 2 fully saturated rings. The summed E-state index contributed by atoms with van der Waals surface area (Å²) in [6.07, 6.45) is 15.2. The highest BCUT2D eigenvalue weighted by molar-refractivity contribution is 5.36. The van der Waals surface area contributed by atoms with Crippen LogP contribution in [0.15, 0.2) is 23.3 Å². The third-order valence-corrected chi connectivity index (χ3v) is 8.44. The zero-order chi connectivity index (χ0) is 16.8. The van der Waals surface area contributed by atoms with Gasteiger partial charge in [-0.1, -0.05) is 59.8 Å². The van der Waals surface area contributed by atoms with Gasteiger partial charge in [-0.15, -0.1) is 0 Å². The minimum absolute atomic E-state index is 0. The molecule has 4 aliphatic carbocycles. The van der Waals surface area contributed by atoms with Crippen LogP contribution in [0.1, 0.15) is 93.9 Å². The van der Waals surface area contributed by atoms with Gasteiger partial charge in [0.2, 0.25) is 0 Å². The zero-order valence-electron chi connectivity index (χ0n) is 16.4. The number of fused-ring (bicyclic) bond motifs is 5. The molecule has 138 valence electrons. The molecule has 0 aromatic heterocycles. The molecule has 0 heterocycles. The lowest BCUT2D eigenvalue weighted by Crippen LogP contribution is -2.48. The second-order valence-corrected chi connectivity index (χ2v) is 9.20. The highest BCUT2D eigenvalue weighted by atomic mass is 14.6. The molecular formula is C24H42. The molecule has 0 spiro atoms. The molecule has 0 bridgehead atoms. The van der Waals surface area contributed by atoms with Crippen LogP contribution in [0.4, 0.5) is 0 Å². The minimum Gasteiger partial charge on any atom is -0.0805 e. The Balaban J connectivity index is 0.000000670. The van der Waals surface area contributed by atoms with E-state index in [1.807, 2.05) is 13.8 Å². The number of rotatable bonds is 0. The highest BCUT2D eigenvalue weighted by Gasteiger charge is 2.56. The smallest absolute Gasteiger partial charge is 0.00443 e. The van der Waals surface area contributed by atoms with Gasteiger partial charge in [0.1, 0.15) is 0 Å². The molecule has 0 heteroatoms. The molecule has 4 rings (SSSR count). The summed E-state index contributed by atoms with van der Waals surface area (Å²) < 4.78 is 0. The second-order valence-electron chi connectivity index (χ2n) is 9.20. The number of hydrogen-bond donors (Lipinski definition) is 0. The maximum atomic E-state index is 2.64. The molecule has 0 aliphatic heterocycles. The largest absolute Gasteiger partial charge is 0.0805 e. The molecule has 4 aliphatic rings. The summed E-state index contributed by atoms with van der Waals surface area (Å²) in [4.78, 5) is 0. The normalized spacial score (nSPS) is 46.1. The van der Waals surface area contributed by atoms with Crippen LogP contribution < -0.4 is 0 Å². The van der Waals surface area contributed by atoms with E-state index in [0.717, 1.165) is 23.7 Å². The lowest BCUT2D eigenvalue weighted by molar-refractivity contribution is -0.0329. The van der Waals surface area contributed by atoms with Crippen LogP contribution in [0.5, 0.6) is 0 Å². The number of hydrogen-bond acceptors (Lipinski definition) is 0. The molecular weight excluding hydrogens is 288 g/mol. The molecule has 0 amide bonds. The standard InChI is InChI=1S/C21H32.C2H6.CH4/c1-14-9-11-21(4)16(13-14)6-7-17-18-8-5-15(2)20(18,3)12-10-19(17)21;1-2;/h6,13,15,17-19H,5,7-12H2,1-4H3;1-2H3;1H4/t15?,17?,18?,19?,20-,21+;;/m1../s1. The Kier molecular flexibility index (Phi) is 5.78. The van der Waals surface area contributed by atoms with Crippen molar-refractivity contribution in [2.45, 2.75) is 93.9 Å². The summed E-state index contributed by atoms with van der Waals surface area (Å²) in [5.74, 6) is 3.91. The van der Waals surface area contributed by atoms with Gasteiger partial charge in [0.15, 0.2) is 0 Å². The fraction of sp³-hybridized carbons (Fsp3) is 0.833. The Labute approximate surface area is 152 Å². The Morgan fingerprint density at radius 2 is 1.71 bits per heavy atom. The summed E-state index contributed by atoms with van der Waals surface area (Å²) >= 11 is 0. The van der Waals surface area contributed by atoms with Crippen molar-refractivity contribution in [2.24, 2.45) is 34.5 Å². The lowest BCUT2D eigenvalue weighted by Gasteiger charge is -2.57. The fourth-order valence-corrected chi connectivity index (χ4v) is 6.73. The van der Waals surface area contributed by atoms with Gasteiger partial charge in [0, 0.05) is 0 Å². The van der Waals surface area contributed by atoms with Gasteiger partial charge in [-0.05, 0) is 91.9 Å². The highest BCUT2D eigenvalue weighted by Crippen LogP contribution is 2.65. The third-order valence-electron chi connectivity index (χ3n) is 8.44. The summed E-state index contributed by atoms with van der Waals surface area (Å²) in [5.41, 5.74) is 4.45. The van der Waals surface area contributed by atoms with Crippen LogP contribution >= 0.6 is 0 Å². The molecule has 0 radical (unpaired) electrons. The van der Waals surface area contributed by atoms with Crippen LogP contribution in [0.25, 0.3) is 0 Å². The number of allylic oxidation sites excluding steroid dienone is 4. The quantitative estimate of drug-likeness (QED) is 0.425. The molecule has 24 heavy (non-hydrogen) atoms. The van der Waals surface area contributed by atoms with Gasteiger partial charge >= 0.3 is 0 Å². The first kappa shape index (κ1) is 19.8. The van der Waals surface area contributed by atoms with E-state index in [4.69, 9.17) is 0 Å². The predicted octanol–water partition coefficient (Wildman–Crippen LogP) is 7.80. The summed E-state index contributed by atoms with van der Waals surface area (Å²) in [5, 5.41) is 0. The Hall–Kier alpha value is -0.520. The van der Waals surface area contributed by atoms with E-state index in [1.165, 1.54) is 44.9 Å². The monoisotopic (exact) mass is 330 g/mol. The van der Waals surface area contributed by atoms with E-state index in [9.17, 15) is 0 Å². The third kappa shape index (κ3) is 2.73. The minimum atomic E-state index is 0. The Morgan fingerprint density at radius 1 is 1.00 bits per heavy atom. The first-order valence-corrected chi connectivity index (χ1v) is 10.3. The SMILES string of the molecule is C.CC.CC1=CC2=CCC3C4CCC(C)[C@@]4(C)CCC3[C@@]2(C)CC1. The van der Waals surface area contributed by atoms with Gasteiger partial charge in [0.25, 0.3) is 0 Å². The first-order chi connectivity index (χ1) is 10.9. The van der Waals surface area contributed by atoms with Gasteiger partial charge < -0.3 is 0 Å². The van der Waals surface area contributed by atoms with Crippen molar-refractivity contribution in [3.63, 3.8) is 0 Å². The van der Waals surface area contributed by atoms with Crippen molar-refractivity contribution in [1.82, 2.24) is 0 Å². The Bertz CT molecular complexity index is 510. The van der Waals surface area contributed by atoms with E-state index < -0.39 is 0 Å². The van der Waals surface area contributed by atoms with Gasteiger partial charge in [-0.3, -0.25) is 0 Å². The summed E-state index contributed by atoms with van der Waals surface area (Å²) in [6, 6.07) is 0. The van der Waals surface area contributed by atoms with Crippen molar-refractivity contribution < 1.29 is 0 Å². The van der Waals surface area contributed by atoms with Gasteiger partial charge in [-0.2, -0.15) is 0 Å². The molecule has 6 atom stereocenters. The molecule has 0 aromatic rings. The van der Waals surface area contributed by atoms with Crippen molar-refractivity contribution >= 4 is 0 Å². The topological polar surface area (TPSA) is 0 Å². The fourth-order valence-electron chi connectivity index (χ4n) is 6.73. The van der Waals surface area contributed by atoms with Gasteiger partial charge in [0.05, 0.1) is 0 Å². The van der Waals surface area contributed by atoms with Crippen LogP contribution in [-0.4, -0.2) is 0 Å². The van der Waals surface area contributed by atoms with E-state index in [2.05, 4.69) is 39.8 Å². The summed E-state index contributed by atoms with van der Waals surface area (Å²) in [7, 11) is 0. The maximum absolute atomic E-state index is 2.64. The zero-order valence-corrected chi connectivity index (χ0v) is 16.4. The molecule has 0 nitrogen and oxygen atoms in total. The van der Waals surface area contributed by atoms with E-state index >= 15 is 0 Å². The van der Waals surface area contributed by atoms with E-state index in [1.54, 1.807) is 11.1 Å². The maximum Gasteiger partial charge on any atom is -0.00443 e. The van der Waals surface area contributed by atoms with Crippen LogP contribution in [0, 0.1) is 34.5 Å². The van der Waals surface area contributed by atoms with Crippen LogP contribution in [0.2, 0.25) is 0 Å². The second kappa shape index (κ2) is 7.00. The van der Waals surface area contributed by atoms with Crippen molar-refractivity contribution in [1.29, 1.82) is 0 Å². The average Bonchev–Trinajstić information content (AvgIpc) is 2.86. The van der Waals surface area contributed by atoms with Crippen LogP contribution in [0.3, 0.4) is 0 Å². The van der Waals surface area contributed by atoms with E-state index in [-0.39, 0.29) is 7.43 Å². The van der Waals surface area contributed by atoms with Gasteiger partial charge in [-0.25, -0.2) is 0 Å². The van der Waals surface area contributed by atoms with E-state index in [0.29, 0.717) is 10.8 Å². The molecule has 0 N–H and O–H groups in total. The van der Waals surface area contributed by atoms with Crippen LogP contribution in [-0.2, 0) is 0 Å². The molecule has 2 saturated carbocycles. The predicted molar refractivity (Wildman–Crippen MR) is 108 cm³/mol. The molecule has 4 unspecified atom stereocenters. The lowest BCUT2D eigenvalue weighted by atomic mass is 9.48. The first-order valence-electron chi connectivity index (χ1n) is 10.3. The molecule has 0 saturated heterocycles. The average molecular weight is 331 g/mol. The molecule has 0 aromatic carbocycles. The van der Waals surface area contributed by atoms with Crippen molar-refractivity contribution in [3.8, 4) is 0 Å².